The van der Waals surface area contributed by atoms with Crippen LogP contribution in [0.2, 0.25) is 0 Å². The molecule has 0 spiro atoms. The summed E-state index contributed by atoms with van der Waals surface area (Å²) in [5.74, 6) is 0.264. The van der Waals surface area contributed by atoms with Crippen molar-refractivity contribution in [2.24, 2.45) is 5.92 Å². The fraction of sp³-hybridized carbons (Fsp3) is 0.583. The number of rotatable bonds is 2. The maximum atomic E-state index is 11.7. The van der Waals surface area contributed by atoms with Crippen molar-refractivity contribution in [2.75, 3.05) is 39.9 Å². The quantitative estimate of drug-likeness (QED) is 0.704. The first-order valence-corrected chi connectivity index (χ1v) is 6.08. The third-order valence-electron chi connectivity index (χ3n) is 3.41. The molecule has 2 fully saturated rings. The van der Waals surface area contributed by atoms with Gasteiger partial charge in [-0.15, -0.1) is 0 Å². The second-order valence-corrected chi connectivity index (χ2v) is 4.94. The zero-order chi connectivity index (χ0) is 11.7. The van der Waals surface area contributed by atoms with Crippen molar-refractivity contribution in [3.63, 3.8) is 0 Å². The number of ketones is 1. The fourth-order valence-electron chi connectivity index (χ4n) is 2.66. The highest BCUT2D eigenvalue weighted by atomic mass is 16.1. The van der Waals surface area contributed by atoms with Crippen LogP contribution in [0.3, 0.4) is 0 Å². The number of carbonyl (C=O) groups is 1. The molecule has 5 nitrogen and oxygen atoms in total. The molecule has 2 bridgehead atoms. The number of allylic oxidation sites excluding steroid dienone is 3. The monoisotopic (exact) mass is 234 g/mol. The molecule has 1 aliphatic carbocycles. The molecular formula is C12H18N4O. The van der Waals surface area contributed by atoms with Crippen LogP contribution in [0.1, 0.15) is 0 Å². The largest absolute Gasteiger partial charge is 0.294 e. The minimum Gasteiger partial charge on any atom is -0.294 e. The molecule has 3 atom stereocenters. The molecule has 0 aromatic rings. The van der Waals surface area contributed by atoms with Crippen LogP contribution in [-0.4, -0.2) is 60.4 Å². The Morgan fingerprint density at radius 3 is 2.65 bits per heavy atom. The molecule has 2 aliphatic heterocycles. The number of nitrogens with zero attached hydrogens (tertiary/aromatic N) is 3. The van der Waals surface area contributed by atoms with Crippen molar-refractivity contribution in [3.05, 3.63) is 24.3 Å². The van der Waals surface area contributed by atoms with E-state index in [1.165, 1.54) is 0 Å². The summed E-state index contributed by atoms with van der Waals surface area (Å²) in [6.45, 7) is 5.66. The van der Waals surface area contributed by atoms with Gasteiger partial charge in [0.25, 0.3) is 0 Å². The Morgan fingerprint density at radius 2 is 1.94 bits per heavy atom. The lowest BCUT2D eigenvalue weighted by molar-refractivity contribution is -0.119. The molecule has 0 amide bonds. The first-order valence-electron chi connectivity index (χ1n) is 6.08. The number of carbonyl (C=O) groups excluding carboxylic acids is 1. The summed E-state index contributed by atoms with van der Waals surface area (Å²) in [7, 11) is 0. The molecule has 0 saturated carbocycles. The average molecular weight is 234 g/mol. The summed E-state index contributed by atoms with van der Waals surface area (Å²) in [4.78, 5) is 18.7. The summed E-state index contributed by atoms with van der Waals surface area (Å²) in [6.07, 6.45) is 7.48. The van der Waals surface area contributed by atoms with Gasteiger partial charge >= 0.3 is 0 Å². The van der Waals surface area contributed by atoms with Crippen molar-refractivity contribution < 1.29 is 4.79 Å². The van der Waals surface area contributed by atoms with E-state index in [-0.39, 0.29) is 11.7 Å². The third kappa shape index (κ3) is 2.47. The van der Waals surface area contributed by atoms with Crippen LogP contribution in [0.5, 0.6) is 0 Å². The molecule has 0 aromatic heterocycles. The van der Waals surface area contributed by atoms with Gasteiger partial charge in [0.1, 0.15) is 0 Å². The molecule has 92 valence electrons. The van der Waals surface area contributed by atoms with E-state index in [4.69, 9.17) is 0 Å². The summed E-state index contributed by atoms with van der Waals surface area (Å²) >= 11 is 0. The van der Waals surface area contributed by atoms with E-state index in [2.05, 4.69) is 20.0 Å². The Hall–Kier alpha value is -1.01. The van der Waals surface area contributed by atoms with E-state index in [0.717, 1.165) is 39.9 Å². The minimum absolute atomic E-state index is 0.0363. The Balaban J connectivity index is 1.60. The smallest absolute Gasteiger partial charge is 0.163 e. The molecule has 17 heavy (non-hydrogen) atoms. The van der Waals surface area contributed by atoms with Gasteiger partial charge in [-0.05, 0) is 6.08 Å². The SMILES string of the molecule is O=C1C=CC=CC1CN1CN2CNCN(C2)C1. The van der Waals surface area contributed by atoms with Gasteiger partial charge < -0.3 is 0 Å². The highest BCUT2D eigenvalue weighted by molar-refractivity contribution is 5.94. The highest BCUT2D eigenvalue weighted by Gasteiger charge is 2.28. The van der Waals surface area contributed by atoms with E-state index in [0.29, 0.717) is 0 Å². The van der Waals surface area contributed by atoms with E-state index >= 15 is 0 Å². The first-order chi connectivity index (χ1) is 8.31. The van der Waals surface area contributed by atoms with Gasteiger partial charge in [-0.1, -0.05) is 18.2 Å². The van der Waals surface area contributed by atoms with Gasteiger partial charge in [-0.25, -0.2) is 0 Å². The lowest BCUT2D eigenvalue weighted by Crippen LogP contribution is -2.63. The van der Waals surface area contributed by atoms with Crippen molar-refractivity contribution >= 4 is 5.78 Å². The number of hydrogen-bond acceptors (Lipinski definition) is 5. The molecule has 3 unspecified atom stereocenters. The van der Waals surface area contributed by atoms with Gasteiger partial charge in [-0.2, -0.15) is 0 Å². The molecule has 3 rings (SSSR count). The van der Waals surface area contributed by atoms with Crippen molar-refractivity contribution in [2.45, 2.75) is 0 Å². The summed E-state index contributed by atoms with van der Waals surface area (Å²) in [6, 6.07) is 0. The van der Waals surface area contributed by atoms with E-state index in [9.17, 15) is 4.79 Å². The molecule has 2 heterocycles. The molecule has 5 heteroatoms. The average Bonchev–Trinajstić information content (AvgIpc) is 2.32. The lowest BCUT2D eigenvalue weighted by Gasteiger charge is -2.46. The topological polar surface area (TPSA) is 38.8 Å². The predicted molar refractivity (Wildman–Crippen MR) is 64.6 cm³/mol. The summed E-state index contributed by atoms with van der Waals surface area (Å²) in [5, 5.41) is 3.35. The molecule has 2 saturated heterocycles. The number of hydrogen-bond donors (Lipinski definition) is 1. The Kier molecular flexibility index (Phi) is 3.07. The standard InChI is InChI=1S/C12H18N4O/c17-12-4-2-1-3-11(12)5-14-8-15-6-13-7-16(9-14)10-15/h1-4,11,13H,5-10H2. The molecule has 0 radical (unpaired) electrons. The van der Waals surface area contributed by atoms with Gasteiger partial charge in [0.2, 0.25) is 0 Å². The minimum atomic E-state index is 0.0363. The van der Waals surface area contributed by atoms with Crippen LogP contribution in [0.25, 0.3) is 0 Å². The van der Waals surface area contributed by atoms with Crippen LogP contribution in [0.4, 0.5) is 0 Å². The van der Waals surface area contributed by atoms with Crippen LogP contribution in [0, 0.1) is 5.92 Å². The fourth-order valence-corrected chi connectivity index (χ4v) is 2.66. The molecular weight excluding hydrogens is 216 g/mol. The third-order valence-corrected chi connectivity index (χ3v) is 3.41. The van der Waals surface area contributed by atoms with E-state index in [1.807, 2.05) is 18.2 Å². The molecule has 1 N–H and O–H groups in total. The zero-order valence-electron chi connectivity index (χ0n) is 9.88. The second-order valence-electron chi connectivity index (χ2n) is 4.94. The maximum absolute atomic E-state index is 11.7. The Labute approximate surface area is 101 Å². The predicted octanol–water partition coefficient (Wildman–Crippen LogP) is -0.392. The van der Waals surface area contributed by atoms with Gasteiger partial charge in [0.15, 0.2) is 5.78 Å². The van der Waals surface area contributed by atoms with Gasteiger partial charge in [-0.3, -0.25) is 24.8 Å². The Bertz CT molecular complexity index is 354. The van der Waals surface area contributed by atoms with Gasteiger partial charge in [0.05, 0.1) is 39.3 Å². The van der Waals surface area contributed by atoms with Crippen molar-refractivity contribution in [1.29, 1.82) is 0 Å². The first kappa shape index (κ1) is 11.1. The maximum Gasteiger partial charge on any atom is 0.163 e. The number of fused-ring (bicyclic) bond motifs is 2. The Morgan fingerprint density at radius 1 is 1.18 bits per heavy atom. The number of nitrogens with one attached hydrogen (secondary N) is 1. The second kappa shape index (κ2) is 4.70. The normalized spacial score (nSPS) is 37.4. The van der Waals surface area contributed by atoms with Crippen molar-refractivity contribution in [1.82, 2.24) is 20.0 Å². The van der Waals surface area contributed by atoms with E-state index < -0.39 is 0 Å². The molecule has 0 aromatic carbocycles. The molecule has 3 aliphatic rings. The highest BCUT2D eigenvalue weighted by Crippen LogP contribution is 2.14. The van der Waals surface area contributed by atoms with Gasteiger partial charge in [0, 0.05) is 6.54 Å². The van der Waals surface area contributed by atoms with Crippen LogP contribution in [-0.2, 0) is 4.79 Å². The summed E-state index contributed by atoms with van der Waals surface area (Å²) < 4.78 is 0. The summed E-state index contributed by atoms with van der Waals surface area (Å²) in [5.41, 5.74) is 0. The van der Waals surface area contributed by atoms with Crippen LogP contribution < -0.4 is 5.32 Å². The lowest BCUT2D eigenvalue weighted by atomic mass is 9.99. The van der Waals surface area contributed by atoms with E-state index in [1.54, 1.807) is 6.08 Å². The zero-order valence-corrected chi connectivity index (χ0v) is 9.88. The van der Waals surface area contributed by atoms with Crippen molar-refractivity contribution in [3.8, 4) is 0 Å². The van der Waals surface area contributed by atoms with Crippen LogP contribution >= 0.6 is 0 Å². The van der Waals surface area contributed by atoms with Crippen LogP contribution in [0.15, 0.2) is 24.3 Å².